The van der Waals surface area contributed by atoms with Gasteiger partial charge in [-0.1, -0.05) is 17.7 Å². The zero-order valence-corrected chi connectivity index (χ0v) is 8.84. The molecule has 0 saturated carbocycles. The van der Waals surface area contributed by atoms with Gasteiger partial charge >= 0.3 is 0 Å². The molecule has 0 heterocycles. The largest absolute Gasteiger partial charge is 0.389 e. The minimum absolute atomic E-state index is 0.510. The Hall–Kier alpha value is -0.730. The molecule has 0 aliphatic carbocycles. The fraction of sp³-hybridized carbons (Fsp3) is 0.400. The van der Waals surface area contributed by atoms with Crippen molar-refractivity contribution in [2.24, 2.45) is 0 Å². The van der Waals surface area contributed by atoms with E-state index in [1.807, 2.05) is 37.2 Å². The van der Waals surface area contributed by atoms with Crippen LogP contribution in [0.2, 0.25) is 5.02 Å². The van der Waals surface area contributed by atoms with Crippen LogP contribution in [0, 0.1) is 0 Å². The number of halogens is 1. The van der Waals surface area contributed by atoms with E-state index in [1.165, 1.54) is 0 Å². The first kappa shape index (κ1) is 10.4. The highest BCUT2D eigenvalue weighted by atomic mass is 35.5. The van der Waals surface area contributed by atoms with Crippen LogP contribution in [0.5, 0.6) is 0 Å². The van der Waals surface area contributed by atoms with Crippen LogP contribution in [0.4, 0.5) is 5.69 Å². The van der Waals surface area contributed by atoms with Gasteiger partial charge in [-0.25, -0.2) is 0 Å². The number of benzene rings is 1. The molecule has 1 unspecified atom stereocenters. The molecule has 72 valence electrons. The van der Waals surface area contributed by atoms with E-state index in [9.17, 15) is 5.11 Å². The number of rotatable bonds is 2. The minimum atomic E-state index is -0.510. The Labute approximate surface area is 83.7 Å². The molecule has 13 heavy (non-hydrogen) atoms. The van der Waals surface area contributed by atoms with Gasteiger partial charge in [0, 0.05) is 24.8 Å². The number of nitrogens with zero attached hydrogens (tertiary/aromatic N) is 1. The van der Waals surface area contributed by atoms with Crippen LogP contribution in [-0.4, -0.2) is 19.2 Å². The Morgan fingerprint density at radius 3 is 2.38 bits per heavy atom. The highest BCUT2D eigenvalue weighted by molar-refractivity contribution is 6.31. The third-order valence-electron chi connectivity index (χ3n) is 1.95. The molecule has 3 heteroatoms. The van der Waals surface area contributed by atoms with Gasteiger partial charge in [0.25, 0.3) is 0 Å². The molecule has 0 bridgehead atoms. The van der Waals surface area contributed by atoms with Crippen LogP contribution in [0.1, 0.15) is 18.6 Å². The van der Waals surface area contributed by atoms with Gasteiger partial charge in [-0.05, 0) is 24.6 Å². The number of aliphatic hydroxyl groups excluding tert-OH is 1. The Morgan fingerprint density at radius 1 is 1.38 bits per heavy atom. The summed E-state index contributed by atoms with van der Waals surface area (Å²) in [7, 11) is 3.90. The summed E-state index contributed by atoms with van der Waals surface area (Å²) in [5.41, 5.74) is 1.81. The lowest BCUT2D eigenvalue weighted by atomic mass is 10.1. The average Bonchev–Trinajstić information content (AvgIpc) is 2.03. The summed E-state index contributed by atoms with van der Waals surface area (Å²) in [5, 5.41) is 9.95. The zero-order valence-electron chi connectivity index (χ0n) is 8.08. The molecule has 0 aliphatic heterocycles. The molecule has 0 radical (unpaired) electrons. The van der Waals surface area contributed by atoms with E-state index < -0.39 is 6.10 Å². The van der Waals surface area contributed by atoms with Crippen molar-refractivity contribution in [1.82, 2.24) is 0 Å². The molecular formula is C10H14ClNO. The summed E-state index contributed by atoms with van der Waals surface area (Å²) in [4.78, 5) is 1.97. The first-order chi connectivity index (χ1) is 6.02. The smallest absolute Gasteiger partial charge is 0.0776 e. The summed E-state index contributed by atoms with van der Waals surface area (Å²) >= 11 is 5.98. The lowest BCUT2D eigenvalue weighted by Crippen LogP contribution is -2.08. The molecule has 0 fully saturated rings. The van der Waals surface area contributed by atoms with Crippen molar-refractivity contribution < 1.29 is 5.11 Å². The van der Waals surface area contributed by atoms with Crippen molar-refractivity contribution in [3.63, 3.8) is 0 Å². The molecule has 0 aromatic heterocycles. The second-order valence-corrected chi connectivity index (χ2v) is 3.68. The maximum absolute atomic E-state index is 9.34. The van der Waals surface area contributed by atoms with Gasteiger partial charge in [0.05, 0.1) is 6.10 Å². The van der Waals surface area contributed by atoms with Gasteiger partial charge in [0.2, 0.25) is 0 Å². The highest BCUT2D eigenvalue weighted by Gasteiger charge is 2.07. The zero-order chi connectivity index (χ0) is 10.0. The minimum Gasteiger partial charge on any atom is -0.389 e. The van der Waals surface area contributed by atoms with Crippen molar-refractivity contribution in [3.05, 3.63) is 28.8 Å². The van der Waals surface area contributed by atoms with Crippen LogP contribution in [-0.2, 0) is 0 Å². The van der Waals surface area contributed by atoms with Gasteiger partial charge < -0.3 is 10.0 Å². The first-order valence-corrected chi connectivity index (χ1v) is 4.55. The van der Waals surface area contributed by atoms with Gasteiger partial charge in [-0.2, -0.15) is 0 Å². The topological polar surface area (TPSA) is 23.5 Å². The van der Waals surface area contributed by atoms with E-state index in [1.54, 1.807) is 6.92 Å². The van der Waals surface area contributed by atoms with Gasteiger partial charge in [-0.3, -0.25) is 0 Å². The molecule has 0 amide bonds. The fourth-order valence-electron chi connectivity index (χ4n) is 1.13. The third-order valence-corrected chi connectivity index (χ3v) is 2.28. The van der Waals surface area contributed by atoms with E-state index in [0.717, 1.165) is 11.3 Å². The van der Waals surface area contributed by atoms with E-state index in [2.05, 4.69) is 0 Å². The maximum atomic E-state index is 9.34. The number of anilines is 1. The van der Waals surface area contributed by atoms with E-state index in [4.69, 9.17) is 11.6 Å². The van der Waals surface area contributed by atoms with Crippen molar-refractivity contribution in [2.45, 2.75) is 13.0 Å². The summed E-state index contributed by atoms with van der Waals surface area (Å²) in [6.07, 6.45) is -0.510. The number of hydrogen-bond acceptors (Lipinski definition) is 2. The van der Waals surface area contributed by atoms with E-state index in [-0.39, 0.29) is 0 Å². The first-order valence-electron chi connectivity index (χ1n) is 4.17. The number of hydrogen-bond donors (Lipinski definition) is 1. The van der Waals surface area contributed by atoms with Gasteiger partial charge in [0.1, 0.15) is 0 Å². The van der Waals surface area contributed by atoms with Crippen LogP contribution >= 0.6 is 11.6 Å². The van der Waals surface area contributed by atoms with Crippen LogP contribution in [0.25, 0.3) is 0 Å². The average molecular weight is 200 g/mol. The van der Waals surface area contributed by atoms with E-state index in [0.29, 0.717) is 5.02 Å². The molecule has 1 N–H and O–H groups in total. The van der Waals surface area contributed by atoms with Crippen molar-refractivity contribution >= 4 is 17.3 Å². The number of aliphatic hydroxyl groups is 1. The lowest BCUT2D eigenvalue weighted by Gasteiger charge is -2.15. The van der Waals surface area contributed by atoms with Crippen molar-refractivity contribution in [3.8, 4) is 0 Å². The van der Waals surface area contributed by atoms with Crippen LogP contribution in [0.3, 0.4) is 0 Å². The summed E-state index contributed by atoms with van der Waals surface area (Å²) in [5.74, 6) is 0. The fourth-order valence-corrected chi connectivity index (χ4v) is 1.47. The van der Waals surface area contributed by atoms with Gasteiger partial charge in [-0.15, -0.1) is 0 Å². The second-order valence-electron chi connectivity index (χ2n) is 3.28. The molecule has 1 atom stereocenters. The molecule has 2 nitrogen and oxygen atoms in total. The summed E-state index contributed by atoms with van der Waals surface area (Å²) in [6.45, 7) is 1.70. The van der Waals surface area contributed by atoms with E-state index >= 15 is 0 Å². The molecule has 0 saturated heterocycles. The molecule has 1 aromatic carbocycles. The Morgan fingerprint density at radius 2 is 2.00 bits per heavy atom. The Kier molecular flexibility index (Phi) is 3.17. The molecule has 0 spiro atoms. The van der Waals surface area contributed by atoms with Gasteiger partial charge in [0.15, 0.2) is 0 Å². The predicted octanol–water partition coefficient (Wildman–Crippen LogP) is 2.46. The van der Waals surface area contributed by atoms with Crippen molar-refractivity contribution in [2.75, 3.05) is 19.0 Å². The molecular weight excluding hydrogens is 186 g/mol. The molecule has 0 aliphatic rings. The van der Waals surface area contributed by atoms with Crippen LogP contribution < -0.4 is 4.90 Å². The monoisotopic (exact) mass is 199 g/mol. The Balaban J connectivity index is 3.06. The van der Waals surface area contributed by atoms with Crippen molar-refractivity contribution in [1.29, 1.82) is 0 Å². The summed E-state index contributed by atoms with van der Waals surface area (Å²) < 4.78 is 0. The third kappa shape index (κ3) is 2.36. The highest BCUT2D eigenvalue weighted by Crippen LogP contribution is 2.26. The predicted molar refractivity (Wildman–Crippen MR) is 56.4 cm³/mol. The normalized spacial score (nSPS) is 12.7. The molecule has 1 aromatic rings. The van der Waals surface area contributed by atoms with Crippen LogP contribution in [0.15, 0.2) is 18.2 Å². The maximum Gasteiger partial charge on any atom is 0.0776 e. The quantitative estimate of drug-likeness (QED) is 0.791. The lowest BCUT2D eigenvalue weighted by molar-refractivity contribution is 0.199. The standard InChI is InChI=1S/C10H14ClNO/c1-7(13)9-5-4-8(12(2)3)6-10(9)11/h4-7,13H,1-3H3. The SMILES string of the molecule is CC(O)c1ccc(N(C)C)cc1Cl. The summed E-state index contributed by atoms with van der Waals surface area (Å²) in [6, 6.07) is 5.64. The Bertz CT molecular complexity index is 297. The second kappa shape index (κ2) is 3.99. The molecule has 1 rings (SSSR count).